The molecule has 3 atom stereocenters. The van der Waals surface area contributed by atoms with Gasteiger partial charge in [-0.1, -0.05) is 23.7 Å². The summed E-state index contributed by atoms with van der Waals surface area (Å²) in [6.45, 7) is -0.166. The number of likely N-dealkylation sites (N-methyl/N-ethyl adjacent to an activating group) is 1. The van der Waals surface area contributed by atoms with Crippen molar-refractivity contribution >= 4 is 50.2 Å². The van der Waals surface area contributed by atoms with Crippen molar-refractivity contribution in [1.29, 1.82) is 0 Å². The van der Waals surface area contributed by atoms with Crippen molar-refractivity contribution in [2.24, 2.45) is 0 Å². The minimum atomic E-state index is -4.68. The van der Waals surface area contributed by atoms with Crippen molar-refractivity contribution in [3.63, 3.8) is 0 Å². The maximum Gasteiger partial charge on any atom is 0.276 e. The highest BCUT2D eigenvalue weighted by molar-refractivity contribution is 7.93. The number of likely N-dealkylation sites (tertiary alicyclic amines) is 1. The largest absolute Gasteiger partial charge is 0.497 e. The molecule has 2 amide bonds. The molecule has 0 saturated carbocycles. The number of amides is 2. The molecule has 14 heteroatoms. The number of hydrogen-bond acceptors (Lipinski definition) is 10. The molecule has 6 rings (SSSR count). The molecule has 1 unspecified atom stereocenters. The Balaban J connectivity index is 1.67. The van der Waals surface area contributed by atoms with Crippen LogP contribution in [0.3, 0.4) is 0 Å². The quantitative estimate of drug-likeness (QED) is 0.320. The first kappa shape index (κ1) is 29.9. The average molecular weight is 641 g/mol. The first-order valence-corrected chi connectivity index (χ1v) is 15.4. The number of aliphatic hydroxyl groups excluding tert-OH is 1. The number of hydrogen-bond donors (Lipinski definition) is 1. The molecule has 1 saturated heterocycles. The molecule has 2 aliphatic rings. The normalized spacial score (nSPS) is 22.0. The third kappa shape index (κ3) is 4.33. The number of anilines is 1. The summed E-state index contributed by atoms with van der Waals surface area (Å²) in [7, 11) is 1.17. The fraction of sp³-hybridized carbons (Fsp3) is 0.300. The number of β-amino-alcohol motifs (C(OH)–C–C–N with tert-alkyl or cyclic N) is 1. The Morgan fingerprint density at radius 1 is 1.11 bits per heavy atom. The van der Waals surface area contributed by atoms with Gasteiger partial charge in [0.1, 0.15) is 21.9 Å². The number of oxazole rings is 1. The Morgan fingerprint density at radius 3 is 2.55 bits per heavy atom. The predicted octanol–water partition coefficient (Wildman–Crippen LogP) is 3.00. The number of para-hydroxylation sites is 2. The van der Waals surface area contributed by atoms with E-state index < -0.39 is 39.5 Å². The molecule has 0 aliphatic carbocycles. The Morgan fingerprint density at radius 2 is 1.86 bits per heavy atom. The van der Waals surface area contributed by atoms with Crippen LogP contribution in [-0.4, -0.2) is 87.1 Å². The van der Waals surface area contributed by atoms with E-state index in [2.05, 4.69) is 4.98 Å². The third-order valence-electron chi connectivity index (χ3n) is 7.99. The van der Waals surface area contributed by atoms with Crippen LogP contribution in [0.1, 0.15) is 17.9 Å². The van der Waals surface area contributed by atoms with Gasteiger partial charge in [0.15, 0.2) is 5.58 Å². The number of ether oxygens (including phenoxy) is 2. The van der Waals surface area contributed by atoms with E-state index in [0.29, 0.717) is 21.2 Å². The minimum Gasteiger partial charge on any atom is -0.497 e. The van der Waals surface area contributed by atoms with Gasteiger partial charge < -0.3 is 23.9 Å². The van der Waals surface area contributed by atoms with Crippen molar-refractivity contribution in [1.82, 2.24) is 14.8 Å². The maximum atomic E-state index is 15.1. The summed E-state index contributed by atoms with van der Waals surface area (Å²) in [4.78, 5) is 35.9. The number of carbonyl (C=O) groups excluding carboxylic acids is 2. The summed E-state index contributed by atoms with van der Waals surface area (Å²) in [5, 5.41) is 11.1. The highest BCUT2D eigenvalue weighted by atomic mass is 35.5. The first-order chi connectivity index (χ1) is 20.9. The molecule has 3 aromatic carbocycles. The molecule has 12 nitrogen and oxygen atoms in total. The molecule has 0 spiro atoms. The van der Waals surface area contributed by atoms with Gasteiger partial charge in [0.25, 0.3) is 15.9 Å². The van der Waals surface area contributed by atoms with Crippen molar-refractivity contribution < 1.29 is 37.0 Å². The van der Waals surface area contributed by atoms with Crippen molar-refractivity contribution in [3.8, 4) is 11.5 Å². The minimum absolute atomic E-state index is 0.0127. The fourth-order valence-corrected chi connectivity index (χ4v) is 7.80. The smallest absolute Gasteiger partial charge is 0.276 e. The third-order valence-corrected chi connectivity index (χ3v) is 9.96. The van der Waals surface area contributed by atoms with E-state index in [1.54, 1.807) is 38.4 Å². The summed E-state index contributed by atoms with van der Waals surface area (Å²) < 4.78 is 46.6. The van der Waals surface area contributed by atoms with Crippen LogP contribution in [0.4, 0.5) is 5.69 Å². The second-order valence-corrected chi connectivity index (χ2v) is 12.9. The van der Waals surface area contributed by atoms with Gasteiger partial charge in [-0.15, -0.1) is 0 Å². The Kier molecular flexibility index (Phi) is 7.31. The Hall–Kier alpha value is -4.17. The first-order valence-electron chi connectivity index (χ1n) is 13.6. The molecule has 2 aliphatic heterocycles. The molecule has 3 heterocycles. The average Bonchev–Trinajstić information content (AvgIpc) is 3.68. The van der Waals surface area contributed by atoms with E-state index in [1.807, 2.05) is 0 Å². The number of sulfonamides is 1. The predicted molar refractivity (Wildman–Crippen MR) is 160 cm³/mol. The second-order valence-electron chi connectivity index (χ2n) is 10.7. The summed E-state index contributed by atoms with van der Waals surface area (Å²) >= 11 is 6.50. The molecule has 4 aromatic rings. The molecule has 0 radical (unpaired) electrons. The van der Waals surface area contributed by atoms with Crippen LogP contribution in [0.5, 0.6) is 11.5 Å². The zero-order valence-corrected chi connectivity index (χ0v) is 25.8. The lowest BCUT2D eigenvalue weighted by atomic mass is 9.87. The molecule has 44 heavy (non-hydrogen) atoms. The van der Waals surface area contributed by atoms with E-state index in [9.17, 15) is 18.3 Å². The van der Waals surface area contributed by atoms with Gasteiger partial charge in [0.05, 0.1) is 32.1 Å². The van der Waals surface area contributed by atoms with E-state index in [0.717, 1.165) is 0 Å². The number of halogens is 1. The number of aromatic nitrogens is 1. The zero-order chi connectivity index (χ0) is 31.6. The van der Waals surface area contributed by atoms with Crippen molar-refractivity contribution in [3.05, 3.63) is 77.1 Å². The van der Waals surface area contributed by atoms with Crippen LogP contribution >= 0.6 is 11.6 Å². The second kappa shape index (κ2) is 10.8. The lowest BCUT2D eigenvalue weighted by Gasteiger charge is -2.38. The molecule has 1 fully saturated rings. The maximum absolute atomic E-state index is 15.1. The summed E-state index contributed by atoms with van der Waals surface area (Å²) in [6.07, 6.45) is -1.03. The van der Waals surface area contributed by atoms with Gasteiger partial charge >= 0.3 is 0 Å². The van der Waals surface area contributed by atoms with E-state index >= 15 is 4.79 Å². The van der Waals surface area contributed by atoms with Gasteiger partial charge in [-0.2, -0.15) is 4.31 Å². The van der Waals surface area contributed by atoms with E-state index in [1.165, 1.54) is 60.4 Å². The number of fused-ring (bicyclic) bond motifs is 2. The summed E-state index contributed by atoms with van der Waals surface area (Å²) in [5.41, 5.74) is -1.25. The molecule has 0 bridgehead atoms. The monoisotopic (exact) mass is 640 g/mol. The van der Waals surface area contributed by atoms with Gasteiger partial charge in [-0.3, -0.25) is 14.5 Å². The van der Waals surface area contributed by atoms with Crippen LogP contribution in [0, 0.1) is 0 Å². The highest BCUT2D eigenvalue weighted by Gasteiger charge is 2.66. The van der Waals surface area contributed by atoms with Gasteiger partial charge in [-0.05, 0) is 48.9 Å². The van der Waals surface area contributed by atoms with E-state index in [4.69, 9.17) is 25.5 Å². The molecular formula is C30H29ClN4O8S. The molecule has 1 N–H and O–H groups in total. The highest BCUT2D eigenvalue weighted by Crippen LogP contribution is 2.53. The molecule has 230 valence electrons. The number of benzene rings is 3. The SMILES string of the molecule is COc1ccc(S(=O)(=O)N2C(=O)C(c3nc4ccccc4o3)(N3C[C@H](O)C[C@H]3C(=O)N(C)C)c3cc(Cl)ccc32)c(OC)c1. The summed E-state index contributed by atoms with van der Waals surface area (Å²) in [5.74, 6) is -1.25. The molecular weight excluding hydrogens is 612 g/mol. The van der Waals surface area contributed by atoms with Crippen molar-refractivity contribution in [2.45, 2.75) is 29.0 Å². The number of carbonyl (C=O) groups is 2. The fourth-order valence-electron chi connectivity index (χ4n) is 6.02. The number of rotatable bonds is 7. The van der Waals surface area contributed by atoms with Crippen LogP contribution < -0.4 is 13.8 Å². The van der Waals surface area contributed by atoms with Crippen molar-refractivity contribution in [2.75, 3.05) is 39.2 Å². The van der Waals surface area contributed by atoms with Crippen LogP contribution in [0.2, 0.25) is 5.02 Å². The molecule has 1 aromatic heterocycles. The Labute approximate surface area is 258 Å². The topological polar surface area (TPSA) is 143 Å². The van der Waals surface area contributed by atoms with Crippen LogP contribution in [-0.2, 0) is 25.2 Å². The Bertz CT molecular complexity index is 1880. The standard InChI is InChI=1S/C30H29ClN4O8S/c1-33(2)27(37)23-14-18(36)16-34(23)30(28-32-21-7-5-6-8-24(21)43-28)20-13-17(31)9-11-22(20)35(29(30)38)44(39,40)26-12-10-19(41-3)15-25(26)42-4/h5-13,15,18,23,36H,14,16H2,1-4H3/t18-,23+,30?/m1/s1. The lowest BCUT2D eigenvalue weighted by Crippen LogP contribution is -2.59. The number of aliphatic hydroxyl groups is 1. The van der Waals surface area contributed by atoms with Crippen LogP contribution in [0.25, 0.3) is 11.1 Å². The lowest BCUT2D eigenvalue weighted by molar-refractivity contribution is -0.139. The van der Waals surface area contributed by atoms with Crippen LogP contribution in [0.15, 0.2) is 70.0 Å². The number of nitrogens with zero attached hydrogens (tertiary/aromatic N) is 4. The van der Waals surface area contributed by atoms with Gasteiger partial charge in [-0.25, -0.2) is 13.4 Å². The summed E-state index contributed by atoms with van der Waals surface area (Å²) in [6, 6.07) is 14.3. The zero-order valence-electron chi connectivity index (χ0n) is 24.2. The number of methoxy groups -OCH3 is 2. The van der Waals surface area contributed by atoms with Gasteiger partial charge in [0, 0.05) is 37.3 Å². The van der Waals surface area contributed by atoms with Gasteiger partial charge in [0.2, 0.25) is 17.3 Å². The van der Waals surface area contributed by atoms with E-state index in [-0.39, 0.29) is 45.8 Å².